The maximum atomic E-state index is 13.0. The lowest BCUT2D eigenvalue weighted by Crippen LogP contribution is -2.51. The lowest BCUT2D eigenvalue weighted by Gasteiger charge is -2.35. The van der Waals surface area contributed by atoms with Gasteiger partial charge in [-0.15, -0.1) is 0 Å². The summed E-state index contributed by atoms with van der Waals surface area (Å²) >= 11 is 0. The average Bonchev–Trinajstić information content (AvgIpc) is 2.81. The predicted octanol–water partition coefficient (Wildman–Crippen LogP) is 1.88. The molecule has 0 radical (unpaired) electrons. The molecule has 2 aromatic rings. The van der Waals surface area contributed by atoms with Crippen LogP contribution in [0.3, 0.4) is 0 Å². The molecule has 2 aromatic carbocycles. The smallest absolute Gasteiger partial charge is 0.271 e. The molecule has 11 heteroatoms. The van der Waals surface area contributed by atoms with Crippen LogP contribution in [0.25, 0.3) is 0 Å². The number of nitrogens with one attached hydrogen (secondary N) is 1. The number of nitrogens with zero attached hydrogens (tertiary/aromatic N) is 3. The van der Waals surface area contributed by atoms with Crippen molar-refractivity contribution in [2.24, 2.45) is 0 Å². The zero-order valence-corrected chi connectivity index (χ0v) is 17.5. The molecule has 0 atom stereocenters. The first-order valence-corrected chi connectivity index (χ1v) is 10.4. The number of hydrogen-bond acceptors (Lipinski definition) is 6. The fourth-order valence-electron chi connectivity index (χ4n) is 3.86. The van der Waals surface area contributed by atoms with Crippen LogP contribution in [0.15, 0.2) is 42.5 Å². The van der Waals surface area contributed by atoms with Crippen molar-refractivity contribution >= 4 is 29.1 Å². The third-order valence-corrected chi connectivity index (χ3v) is 5.68. The lowest BCUT2D eigenvalue weighted by atomic mass is 10.0. The van der Waals surface area contributed by atoms with Crippen LogP contribution in [0.5, 0.6) is 5.75 Å². The topological polar surface area (TPSA) is 122 Å². The van der Waals surface area contributed by atoms with E-state index in [1.165, 1.54) is 47.4 Å². The summed E-state index contributed by atoms with van der Waals surface area (Å²) in [7, 11) is 0. The fraction of sp³-hybridized carbons (Fsp3) is 0.318. The van der Waals surface area contributed by atoms with Gasteiger partial charge in [0.1, 0.15) is 18.1 Å². The Balaban J connectivity index is 1.35. The number of fused-ring (bicyclic) bond motifs is 1. The molecule has 4 rings (SSSR count). The molecule has 0 saturated carbocycles. The van der Waals surface area contributed by atoms with Crippen LogP contribution in [0.4, 0.5) is 15.8 Å². The summed E-state index contributed by atoms with van der Waals surface area (Å²) in [5.41, 5.74) is 0.339. The molecule has 2 heterocycles. The Morgan fingerprint density at radius 1 is 1.15 bits per heavy atom. The minimum Gasteiger partial charge on any atom is -0.482 e. The number of amides is 3. The molecule has 0 spiro atoms. The molecule has 1 saturated heterocycles. The van der Waals surface area contributed by atoms with Gasteiger partial charge < -0.3 is 15.0 Å². The molecule has 33 heavy (non-hydrogen) atoms. The SMILES string of the molecule is O=C(NC1CCN(C(=O)CN2C(=O)COc3ccc([N+](=O)[O-])cc32)CC1)c1ccc(F)cc1. The maximum Gasteiger partial charge on any atom is 0.271 e. The second kappa shape index (κ2) is 9.23. The number of halogens is 1. The van der Waals surface area contributed by atoms with Crippen molar-refractivity contribution in [1.29, 1.82) is 0 Å². The molecule has 0 aliphatic carbocycles. The Bertz CT molecular complexity index is 1100. The van der Waals surface area contributed by atoms with E-state index in [0.29, 0.717) is 37.2 Å². The number of piperidine rings is 1. The summed E-state index contributed by atoms with van der Waals surface area (Å²) in [5, 5.41) is 14.0. The van der Waals surface area contributed by atoms with Crippen molar-refractivity contribution in [1.82, 2.24) is 10.2 Å². The Labute approximate surface area is 188 Å². The van der Waals surface area contributed by atoms with Gasteiger partial charge in [0, 0.05) is 36.8 Å². The normalized spacial score (nSPS) is 16.1. The minimum atomic E-state index is -0.579. The van der Waals surface area contributed by atoms with Crippen molar-refractivity contribution in [2.75, 3.05) is 31.1 Å². The van der Waals surface area contributed by atoms with Crippen molar-refractivity contribution in [3.8, 4) is 5.75 Å². The van der Waals surface area contributed by atoms with Gasteiger partial charge in [-0.25, -0.2) is 4.39 Å². The molecule has 0 unspecified atom stereocenters. The van der Waals surface area contributed by atoms with Gasteiger partial charge in [0.05, 0.1) is 10.6 Å². The van der Waals surface area contributed by atoms with E-state index in [1.807, 2.05) is 0 Å². The van der Waals surface area contributed by atoms with Gasteiger partial charge >= 0.3 is 0 Å². The number of benzene rings is 2. The monoisotopic (exact) mass is 456 g/mol. The summed E-state index contributed by atoms with van der Waals surface area (Å²) in [6.45, 7) is 0.250. The first-order chi connectivity index (χ1) is 15.8. The van der Waals surface area contributed by atoms with Gasteiger partial charge in [-0.2, -0.15) is 0 Å². The number of rotatable bonds is 5. The summed E-state index contributed by atoms with van der Waals surface area (Å²) in [6, 6.07) is 9.02. The van der Waals surface area contributed by atoms with Gasteiger partial charge in [-0.1, -0.05) is 0 Å². The van der Waals surface area contributed by atoms with Gasteiger partial charge in [0.2, 0.25) is 5.91 Å². The van der Waals surface area contributed by atoms with E-state index in [-0.39, 0.29) is 42.4 Å². The summed E-state index contributed by atoms with van der Waals surface area (Å²) in [5.74, 6) is -1.19. The number of carbonyl (C=O) groups is 3. The van der Waals surface area contributed by atoms with Crippen LogP contribution in [-0.2, 0) is 9.59 Å². The van der Waals surface area contributed by atoms with Crippen LogP contribution in [0, 0.1) is 15.9 Å². The maximum absolute atomic E-state index is 13.0. The molecule has 2 aliphatic rings. The highest BCUT2D eigenvalue weighted by molar-refractivity contribution is 6.02. The number of nitro groups is 1. The van der Waals surface area contributed by atoms with E-state index in [2.05, 4.69) is 5.32 Å². The number of likely N-dealkylation sites (tertiary alicyclic amines) is 1. The van der Waals surface area contributed by atoms with E-state index in [4.69, 9.17) is 4.74 Å². The number of ether oxygens (including phenoxy) is 1. The summed E-state index contributed by atoms with van der Waals surface area (Å²) < 4.78 is 18.3. The van der Waals surface area contributed by atoms with Crippen LogP contribution in [-0.4, -0.2) is 59.8 Å². The van der Waals surface area contributed by atoms with E-state index in [9.17, 15) is 28.9 Å². The van der Waals surface area contributed by atoms with Crippen molar-refractivity contribution < 1.29 is 28.4 Å². The standard InChI is InChI=1S/C22H21FN4O6/c23-15-3-1-14(2-4-15)22(30)24-16-7-9-25(10-8-16)20(28)12-26-18-11-17(27(31)32)5-6-19(18)33-13-21(26)29/h1-6,11,16H,7-10,12-13H2,(H,24,30). The predicted molar refractivity (Wildman–Crippen MR) is 114 cm³/mol. The molecule has 0 bridgehead atoms. The third kappa shape index (κ3) is 4.92. The van der Waals surface area contributed by atoms with Gasteiger partial charge in [-0.3, -0.25) is 29.4 Å². The van der Waals surface area contributed by atoms with Crippen molar-refractivity contribution in [3.63, 3.8) is 0 Å². The van der Waals surface area contributed by atoms with E-state index >= 15 is 0 Å². The van der Waals surface area contributed by atoms with Crippen molar-refractivity contribution in [2.45, 2.75) is 18.9 Å². The third-order valence-electron chi connectivity index (χ3n) is 5.68. The Hall–Kier alpha value is -4.02. The Morgan fingerprint density at radius 2 is 1.85 bits per heavy atom. The second-order valence-corrected chi connectivity index (χ2v) is 7.81. The highest BCUT2D eigenvalue weighted by atomic mass is 19.1. The van der Waals surface area contributed by atoms with E-state index < -0.39 is 16.6 Å². The van der Waals surface area contributed by atoms with Crippen LogP contribution in [0.2, 0.25) is 0 Å². The van der Waals surface area contributed by atoms with Gasteiger partial charge in [0.15, 0.2) is 6.61 Å². The summed E-state index contributed by atoms with van der Waals surface area (Å²) in [4.78, 5) is 50.9. The number of carbonyl (C=O) groups excluding carboxylic acids is 3. The molecule has 0 aromatic heterocycles. The molecule has 3 amide bonds. The molecular formula is C22H21FN4O6. The average molecular weight is 456 g/mol. The zero-order valence-electron chi connectivity index (χ0n) is 17.5. The molecule has 2 aliphatic heterocycles. The molecule has 1 fully saturated rings. The van der Waals surface area contributed by atoms with E-state index in [0.717, 1.165) is 0 Å². The largest absolute Gasteiger partial charge is 0.482 e. The van der Waals surface area contributed by atoms with Crippen LogP contribution < -0.4 is 15.0 Å². The van der Waals surface area contributed by atoms with E-state index in [1.54, 1.807) is 4.90 Å². The quantitative estimate of drug-likeness (QED) is 0.542. The molecule has 172 valence electrons. The Morgan fingerprint density at radius 3 is 2.52 bits per heavy atom. The van der Waals surface area contributed by atoms with Crippen LogP contribution >= 0.6 is 0 Å². The highest BCUT2D eigenvalue weighted by Crippen LogP contribution is 2.35. The molecular weight excluding hydrogens is 435 g/mol. The Kier molecular flexibility index (Phi) is 6.20. The number of nitro benzene ring substituents is 1. The zero-order chi connectivity index (χ0) is 23.5. The van der Waals surface area contributed by atoms with Crippen molar-refractivity contribution in [3.05, 3.63) is 64.0 Å². The first-order valence-electron chi connectivity index (χ1n) is 10.4. The van der Waals surface area contributed by atoms with Gasteiger partial charge in [-0.05, 0) is 43.2 Å². The van der Waals surface area contributed by atoms with Gasteiger partial charge in [0.25, 0.3) is 17.5 Å². The second-order valence-electron chi connectivity index (χ2n) is 7.81. The molecule has 10 nitrogen and oxygen atoms in total. The van der Waals surface area contributed by atoms with Crippen LogP contribution in [0.1, 0.15) is 23.2 Å². The number of anilines is 1. The first kappa shape index (κ1) is 22.2. The molecule has 1 N–H and O–H groups in total. The number of hydrogen-bond donors (Lipinski definition) is 1. The minimum absolute atomic E-state index is 0.139. The number of non-ortho nitro benzene ring substituents is 1. The highest BCUT2D eigenvalue weighted by Gasteiger charge is 2.32. The summed E-state index contributed by atoms with van der Waals surface area (Å²) in [6.07, 6.45) is 1.05. The fourth-order valence-corrected chi connectivity index (χ4v) is 3.86. The lowest BCUT2D eigenvalue weighted by molar-refractivity contribution is -0.384.